The standard InChI is InChI=1S/C18H20N2O4/c1-13(21)9-10-20(2)18(22)17-8-7-16(24-17)12-23-15-5-3-14(11-19)4-6-15/h3-8,13,21H,9-10,12H2,1-2H3. The van der Waals surface area contributed by atoms with Gasteiger partial charge >= 0.3 is 0 Å². The molecule has 0 aliphatic carbocycles. The number of hydrogen-bond acceptors (Lipinski definition) is 5. The van der Waals surface area contributed by atoms with Crippen LogP contribution in [-0.2, 0) is 6.61 Å². The van der Waals surface area contributed by atoms with Crippen LogP contribution < -0.4 is 4.74 Å². The van der Waals surface area contributed by atoms with E-state index in [4.69, 9.17) is 14.4 Å². The number of benzene rings is 1. The normalized spacial score (nSPS) is 11.6. The summed E-state index contributed by atoms with van der Waals surface area (Å²) in [6, 6.07) is 12.1. The zero-order valence-corrected chi connectivity index (χ0v) is 13.7. The van der Waals surface area contributed by atoms with Gasteiger partial charge in [-0.2, -0.15) is 5.26 Å². The molecule has 0 radical (unpaired) electrons. The van der Waals surface area contributed by atoms with Crippen LogP contribution in [0.1, 0.15) is 35.2 Å². The molecule has 1 aromatic carbocycles. The van der Waals surface area contributed by atoms with Crippen molar-refractivity contribution in [3.8, 4) is 11.8 Å². The number of rotatable bonds is 7. The molecular formula is C18H20N2O4. The highest BCUT2D eigenvalue weighted by molar-refractivity contribution is 5.91. The van der Waals surface area contributed by atoms with Crippen molar-refractivity contribution in [2.75, 3.05) is 13.6 Å². The second kappa shape index (κ2) is 8.18. The molecule has 126 valence electrons. The molecule has 0 aliphatic rings. The second-order valence-corrected chi connectivity index (χ2v) is 5.56. The minimum absolute atomic E-state index is 0.191. The first-order chi connectivity index (χ1) is 11.5. The molecule has 6 heteroatoms. The Kier molecular flexibility index (Phi) is 5.99. The Hall–Kier alpha value is -2.78. The highest BCUT2D eigenvalue weighted by Crippen LogP contribution is 2.16. The Morgan fingerprint density at radius 3 is 2.67 bits per heavy atom. The van der Waals surface area contributed by atoms with Gasteiger partial charge in [0.15, 0.2) is 5.76 Å². The van der Waals surface area contributed by atoms with Crippen LogP contribution in [0.2, 0.25) is 0 Å². The molecule has 1 aromatic heterocycles. The highest BCUT2D eigenvalue weighted by atomic mass is 16.5. The molecule has 2 aromatic rings. The van der Waals surface area contributed by atoms with Crippen molar-refractivity contribution in [1.29, 1.82) is 5.26 Å². The van der Waals surface area contributed by atoms with Crippen molar-refractivity contribution in [3.05, 3.63) is 53.5 Å². The zero-order chi connectivity index (χ0) is 17.5. The minimum Gasteiger partial charge on any atom is -0.486 e. The summed E-state index contributed by atoms with van der Waals surface area (Å²) in [5, 5.41) is 18.0. The molecule has 0 saturated carbocycles. The average molecular weight is 328 g/mol. The van der Waals surface area contributed by atoms with Gasteiger partial charge in [0.1, 0.15) is 18.1 Å². The summed E-state index contributed by atoms with van der Waals surface area (Å²) >= 11 is 0. The molecule has 2 rings (SSSR count). The van der Waals surface area contributed by atoms with Crippen LogP contribution in [0.3, 0.4) is 0 Å². The van der Waals surface area contributed by atoms with Crippen LogP contribution in [0, 0.1) is 11.3 Å². The van der Waals surface area contributed by atoms with Gasteiger partial charge in [-0.15, -0.1) is 0 Å². The summed E-state index contributed by atoms with van der Waals surface area (Å²) in [4.78, 5) is 13.7. The number of furan rings is 1. The van der Waals surface area contributed by atoms with Gasteiger partial charge in [0.2, 0.25) is 0 Å². The van der Waals surface area contributed by atoms with Crippen LogP contribution in [0.25, 0.3) is 0 Å². The fourth-order valence-electron chi connectivity index (χ4n) is 2.02. The van der Waals surface area contributed by atoms with Crippen molar-refractivity contribution in [3.63, 3.8) is 0 Å². The second-order valence-electron chi connectivity index (χ2n) is 5.56. The van der Waals surface area contributed by atoms with Gasteiger partial charge in [-0.05, 0) is 49.7 Å². The highest BCUT2D eigenvalue weighted by Gasteiger charge is 2.16. The topological polar surface area (TPSA) is 86.7 Å². The molecule has 6 nitrogen and oxygen atoms in total. The van der Waals surface area contributed by atoms with Gasteiger partial charge < -0.3 is 19.2 Å². The number of ether oxygens (including phenoxy) is 1. The van der Waals surface area contributed by atoms with E-state index in [0.717, 1.165) is 0 Å². The molecule has 1 N–H and O–H groups in total. The molecule has 0 spiro atoms. The smallest absolute Gasteiger partial charge is 0.289 e. The summed E-state index contributed by atoms with van der Waals surface area (Å²) in [5.74, 6) is 1.15. The van der Waals surface area contributed by atoms with Crippen molar-refractivity contribution in [1.82, 2.24) is 4.90 Å². The third kappa shape index (κ3) is 4.86. The first-order valence-corrected chi connectivity index (χ1v) is 7.65. The molecule has 0 bridgehead atoms. The van der Waals surface area contributed by atoms with E-state index in [9.17, 15) is 9.90 Å². The Morgan fingerprint density at radius 1 is 1.33 bits per heavy atom. The van der Waals surface area contributed by atoms with Crippen molar-refractivity contribution < 1.29 is 19.1 Å². The summed E-state index contributed by atoms with van der Waals surface area (Å²) < 4.78 is 11.1. The first kappa shape index (κ1) is 17.6. The van der Waals surface area contributed by atoms with E-state index in [0.29, 0.717) is 30.0 Å². The van der Waals surface area contributed by atoms with E-state index < -0.39 is 6.10 Å². The number of aliphatic hydroxyl groups is 1. The lowest BCUT2D eigenvalue weighted by atomic mass is 10.2. The fourth-order valence-corrected chi connectivity index (χ4v) is 2.02. The Balaban J connectivity index is 1.90. The fraction of sp³-hybridized carbons (Fsp3) is 0.333. The number of hydrogen-bond donors (Lipinski definition) is 1. The van der Waals surface area contributed by atoms with Crippen molar-refractivity contribution in [2.45, 2.75) is 26.1 Å². The molecule has 1 atom stereocenters. The van der Waals surface area contributed by atoms with Crippen LogP contribution in [0.4, 0.5) is 0 Å². The summed E-state index contributed by atoms with van der Waals surface area (Å²) in [6.07, 6.45) is 0.0608. The number of nitrogens with zero attached hydrogens (tertiary/aromatic N) is 2. The van der Waals surface area contributed by atoms with Gasteiger partial charge in [0.25, 0.3) is 5.91 Å². The summed E-state index contributed by atoms with van der Waals surface area (Å²) in [6.45, 7) is 2.33. The van der Waals surface area contributed by atoms with E-state index in [1.54, 1.807) is 50.4 Å². The van der Waals surface area contributed by atoms with E-state index in [1.807, 2.05) is 6.07 Å². The first-order valence-electron chi connectivity index (χ1n) is 7.65. The van der Waals surface area contributed by atoms with Crippen LogP contribution in [-0.4, -0.2) is 35.6 Å². The van der Waals surface area contributed by atoms with E-state index in [2.05, 4.69) is 0 Å². The Bertz CT molecular complexity index is 713. The van der Waals surface area contributed by atoms with Gasteiger partial charge in [0, 0.05) is 13.6 Å². The third-order valence-corrected chi connectivity index (χ3v) is 3.47. The molecule has 0 fully saturated rings. The molecule has 1 unspecified atom stereocenters. The third-order valence-electron chi connectivity index (χ3n) is 3.47. The van der Waals surface area contributed by atoms with Crippen LogP contribution in [0.15, 0.2) is 40.8 Å². The molecule has 0 saturated heterocycles. The monoisotopic (exact) mass is 328 g/mol. The Labute approximate surface area is 140 Å². The lowest BCUT2D eigenvalue weighted by Crippen LogP contribution is -2.29. The molecule has 1 amide bonds. The Morgan fingerprint density at radius 2 is 2.04 bits per heavy atom. The predicted octanol–water partition coefficient (Wildman–Crippen LogP) is 2.57. The van der Waals surface area contributed by atoms with Crippen LogP contribution >= 0.6 is 0 Å². The molecule has 0 aliphatic heterocycles. The summed E-state index contributed by atoms with van der Waals surface area (Å²) in [7, 11) is 1.67. The van der Waals surface area contributed by atoms with E-state index >= 15 is 0 Å². The van der Waals surface area contributed by atoms with Crippen molar-refractivity contribution >= 4 is 5.91 Å². The van der Waals surface area contributed by atoms with Gasteiger partial charge in [-0.1, -0.05) is 0 Å². The van der Waals surface area contributed by atoms with Gasteiger partial charge in [-0.3, -0.25) is 4.79 Å². The van der Waals surface area contributed by atoms with E-state index in [1.165, 1.54) is 4.90 Å². The quantitative estimate of drug-likeness (QED) is 0.844. The number of amides is 1. The number of carbonyl (C=O) groups is 1. The van der Waals surface area contributed by atoms with Crippen molar-refractivity contribution in [2.24, 2.45) is 0 Å². The minimum atomic E-state index is -0.451. The van der Waals surface area contributed by atoms with Crippen LogP contribution in [0.5, 0.6) is 5.75 Å². The number of nitriles is 1. The molecular weight excluding hydrogens is 308 g/mol. The largest absolute Gasteiger partial charge is 0.486 e. The maximum absolute atomic E-state index is 12.2. The maximum Gasteiger partial charge on any atom is 0.289 e. The predicted molar refractivity (Wildman–Crippen MR) is 87.5 cm³/mol. The molecule has 1 heterocycles. The number of carbonyl (C=O) groups excluding carboxylic acids is 1. The zero-order valence-electron chi connectivity index (χ0n) is 13.7. The lowest BCUT2D eigenvalue weighted by molar-refractivity contribution is 0.0734. The van der Waals surface area contributed by atoms with Gasteiger partial charge in [-0.25, -0.2) is 0 Å². The average Bonchev–Trinajstić information content (AvgIpc) is 3.06. The lowest BCUT2D eigenvalue weighted by Gasteiger charge is -2.16. The summed E-state index contributed by atoms with van der Waals surface area (Å²) in [5.41, 5.74) is 0.563. The van der Waals surface area contributed by atoms with Gasteiger partial charge in [0.05, 0.1) is 17.7 Å². The number of aliphatic hydroxyl groups excluding tert-OH is 1. The maximum atomic E-state index is 12.2. The SMILES string of the molecule is CC(O)CCN(C)C(=O)c1ccc(COc2ccc(C#N)cc2)o1. The molecule has 24 heavy (non-hydrogen) atoms. The van der Waals surface area contributed by atoms with E-state index in [-0.39, 0.29) is 18.3 Å².